The van der Waals surface area contributed by atoms with Crippen LogP contribution in [-0.4, -0.2) is 39.1 Å². The minimum atomic E-state index is -0.920. The molecule has 0 aliphatic carbocycles. The molecule has 0 fully saturated rings. The van der Waals surface area contributed by atoms with Crippen molar-refractivity contribution in [3.63, 3.8) is 0 Å². The van der Waals surface area contributed by atoms with Gasteiger partial charge in [0.25, 0.3) is 5.91 Å². The monoisotopic (exact) mass is 437 g/mol. The summed E-state index contributed by atoms with van der Waals surface area (Å²) in [7, 11) is 0. The summed E-state index contributed by atoms with van der Waals surface area (Å²) in [6.07, 6.45) is 0.604. The number of anilines is 1. The van der Waals surface area contributed by atoms with E-state index in [1.807, 2.05) is 6.92 Å². The number of carbonyl (C=O) groups excluding carboxylic acids is 3. The maximum atomic E-state index is 12.8. The third kappa shape index (κ3) is 4.32. The number of amides is 2. The van der Waals surface area contributed by atoms with Gasteiger partial charge in [-0.2, -0.15) is 5.10 Å². The number of aryl methyl sites for hydroxylation is 1. The molecule has 2 rings (SSSR count). The highest BCUT2D eigenvalue weighted by molar-refractivity contribution is 7.18. The highest BCUT2D eigenvalue weighted by Gasteiger charge is 2.30. The number of hydrogen-bond donors (Lipinski definition) is 2. The first-order valence-electron chi connectivity index (χ1n) is 9.12. The van der Waals surface area contributed by atoms with Crippen LogP contribution in [0.15, 0.2) is 0 Å². The number of carbonyl (C=O) groups is 3. The first-order chi connectivity index (χ1) is 14.0. The first kappa shape index (κ1) is 23.0. The number of nitrogens with zero attached hydrogens (tertiary/aromatic N) is 3. The van der Waals surface area contributed by atoms with E-state index in [9.17, 15) is 24.5 Å². The van der Waals surface area contributed by atoms with E-state index in [0.29, 0.717) is 12.0 Å². The minimum absolute atomic E-state index is 0.0575. The number of ether oxygens (including phenoxy) is 1. The molecule has 11 nitrogen and oxygen atoms in total. The van der Waals surface area contributed by atoms with Gasteiger partial charge in [-0.3, -0.25) is 24.4 Å². The van der Waals surface area contributed by atoms with Crippen molar-refractivity contribution < 1.29 is 24.0 Å². The third-order valence-electron chi connectivity index (χ3n) is 4.46. The Bertz CT molecular complexity index is 1020. The van der Waals surface area contributed by atoms with Crippen molar-refractivity contribution in [2.45, 2.75) is 47.1 Å². The van der Waals surface area contributed by atoms with Crippen LogP contribution in [0, 0.1) is 30.9 Å². The molecule has 0 radical (unpaired) electrons. The Hall–Kier alpha value is -3.28. The Morgan fingerprint density at radius 3 is 2.47 bits per heavy atom. The van der Waals surface area contributed by atoms with Crippen LogP contribution in [0.5, 0.6) is 0 Å². The summed E-state index contributed by atoms with van der Waals surface area (Å²) < 4.78 is 6.40. The van der Waals surface area contributed by atoms with Gasteiger partial charge in [-0.25, -0.2) is 4.79 Å². The van der Waals surface area contributed by atoms with Crippen LogP contribution in [0.25, 0.3) is 0 Å². The second kappa shape index (κ2) is 9.03. The Morgan fingerprint density at radius 2 is 1.97 bits per heavy atom. The van der Waals surface area contributed by atoms with E-state index in [1.54, 1.807) is 6.92 Å². The molecule has 0 aliphatic rings. The Balaban J connectivity index is 2.39. The summed E-state index contributed by atoms with van der Waals surface area (Å²) in [6, 6.07) is -0.920. The summed E-state index contributed by atoms with van der Waals surface area (Å²) in [5, 5.41) is 18.0. The lowest BCUT2D eigenvalue weighted by Gasteiger charge is -2.14. The van der Waals surface area contributed by atoms with Gasteiger partial charge < -0.3 is 15.8 Å². The number of aromatic nitrogens is 2. The Morgan fingerprint density at radius 1 is 1.33 bits per heavy atom. The minimum Gasteiger partial charge on any atom is -0.462 e. The Labute approximate surface area is 176 Å². The molecular weight excluding hydrogens is 414 g/mol. The number of nitrogens with two attached hydrogens (primary N) is 1. The van der Waals surface area contributed by atoms with Crippen LogP contribution < -0.4 is 11.1 Å². The lowest BCUT2D eigenvalue weighted by Crippen LogP contribution is -2.26. The predicted molar refractivity (Wildman–Crippen MR) is 110 cm³/mol. The fraction of sp³-hybridized carbons (Fsp3) is 0.444. The number of thiophene rings is 1. The maximum Gasteiger partial charge on any atom is 0.341 e. The van der Waals surface area contributed by atoms with E-state index in [-0.39, 0.29) is 39.1 Å². The zero-order valence-corrected chi connectivity index (χ0v) is 18.1. The normalized spacial score (nSPS) is 11.8. The van der Waals surface area contributed by atoms with Crippen molar-refractivity contribution in [1.82, 2.24) is 9.78 Å². The summed E-state index contributed by atoms with van der Waals surface area (Å²) in [5.41, 5.74) is 5.99. The largest absolute Gasteiger partial charge is 0.462 e. The van der Waals surface area contributed by atoms with E-state index < -0.39 is 28.7 Å². The van der Waals surface area contributed by atoms with E-state index in [1.165, 1.54) is 25.5 Å². The first-order valence-corrected chi connectivity index (χ1v) is 9.94. The van der Waals surface area contributed by atoms with Gasteiger partial charge in [0.2, 0.25) is 5.91 Å². The maximum absolute atomic E-state index is 12.8. The number of hydrogen-bond acceptors (Lipinski definition) is 8. The number of nitro groups is 1. The second-order valence-electron chi connectivity index (χ2n) is 6.65. The lowest BCUT2D eigenvalue weighted by molar-refractivity contribution is -0.386. The summed E-state index contributed by atoms with van der Waals surface area (Å²) >= 11 is 0.869. The van der Waals surface area contributed by atoms with E-state index >= 15 is 0 Å². The number of rotatable bonds is 8. The molecule has 2 heterocycles. The van der Waals surface area contributed by atoms with Gasteiger partial charge in [0.05, 0.1) is 22.0 Å². The van der Waals surface area contributed by atoms with E-state index in [2.05, 4.69) is 10.4 Å². The smallest absolute Gasteiger partial charge is 0.341 e. The van der Waals surface area contributed by atoms with Crippen molar-refractivity contribution in [2.24, 2.45) is 5.73 Å². The summed E-state index contributed by atoms with van der Waals surface area (Å²) in [5.74, 6) is -1.98. The molecule has 0 aromatic carbocycles. The zero-order chi connectivity index (χ0) is 22.7. The molecule has 162 valence electrons. The van der Waals surface area contributed by atoms with Gasteiger partial charge in [-0.05, 0) is 39.7 Å². The molecule has 0 saturated heterocycles. The zero-order valence-electron chi connectivity index (χ0n) is 17.3. The number of esters is 1. The molecule has 0 bridgehead atoms. The van der Waals surface area contributed by atoms with Crippen LogP contribution in [0.2, 0.25) is 0 Å². The van der Waals surface area contributed by atoms with E-state index in [0.717, 1.165) is 11.3 Å². The molecule has 0 saturated carbocycles. The quantitative estimate of drug-likeness (QED) is 0.365. The van der Waals surface area contributed by atoms with Crippen molar-refractivity contribution in [1.29, 1.82) is 0 Å². The fourth-order valence-electron chi connectivity index (χ4n) is 2.97. The predicted octanol–water partition coefficient (Wildman–Crippen LogP) is 2.64. The standard InChI is InChI=1S/C18H23N5O6S/c1-6-7-29-18(26)12-8(2)14(15(19)24)30-17(12)20-16(25)11(5)22-10(4)13(23(27)28)9(3)21-22/h11H,6-7H2,1-5H3,(H2,19,24)(H,20,25). The van der Waals surface area contributed by atoms with Crippen molar-refractivity contribution >= 4 is 39.8 Å². The van der Waals surface area contributed by atoms with Crippen LogP contribution >= 0.6 is 11.3 Å². The molecule has 1 unspecified atom stereocenters. The second-order valence-corrected chi connectivity index (χ2v) is 7.67. The third-order valence-corrected chi connectivity index (χ3v) is 5.69. The molecule has 12 heteroatoms. The van der Waals surface area contributed by atoms with Crippen molar-refractivity contribution in [2.75, 3.05) is 11.9 Å². The average molecular weight is 437 g/mol. The van der Waals surface area contributed by atoms with Crippen molar-refractivity contribution in [3.05, 3.63) is 37.5 Å². The van der Waals surface area contributed by atoms with E-state index in [4.69, 9.17) is 10.5 Å². The molecule has 30 heavy (non-hydrogen) atoms. The Kier molecular flexibility index (Phi) is 6.92. The lowest BCUT2D eigenvalue weighted by atomic mass is 10.1. The molecule has 2 amide bonds. The van der Waals surface area contributed by atoms with Gasteiger partial charge in [0.1, 0.15) is 22.4 Å². The van der Waals surface area contributed by atoms with Gasteiger partial charge in [-0.15, -0.1) is 11.3 Å². The SMILES string of the molecule is CCCOC(=O)c1c(NC(=O)C(C)n2nc(C)c([N+](=O)[O-])c2C)sc(C(N)=O)c1C. The molecule has 0 spiro atoms. The average Bonchev–Trinajstić information content (AvgIpc) is 3.14. The summed E-state index contributed by atoms with van der Waals surface area (Å²) in [6.45, 7) is 8.05. The van der Waals surface area contributed by atoms with Crippen LogP contribution in [-0.2, 0) is 9.53 Å². The van der Waals surface area contributed by atoms with Crippen LogP contribution in [0.3, 0.4) is 0 Å². The van der Waals surface area contributed by atoms with Gasteiger partial charge in [-0.1, -0.05) is 6.92 Å². The molecule has 3 N–H and O–H groups in total. The molecule has 0 aliphatic heterocycles. The van der Waals surface area contributed by atoms with Crippen molar-refractivity contribution in [3.8, 4) is 0 Å². The van der Waals surface area contributed by atoms with Gasteiger partial charge in [0.15, 0.2) is 0 Å². The highest BCUT2D eigenvalue weighted by Crippen LogP contribution is 2.34. The molecular formula is C18H23N5O6S. The van der Waals surface area contributed by atoms with Crippen LogP contribution in [0.4, 0.5) is 10.7 Å². The number of primary amides is 1. The molecule has 2 aromatic heterocycles. The van der Waals surface area contributed by atoms with Gasteiger partial charge in [0, 0.05) is 0 Å². The topological polar surface area (TPSA) is 159 Å². The van der Waals surface area contributed by atoms with Gasteiger partial charge >= 0.3 is 11.7 Å². The summed E-state index contributed by atoms with van der Waals surface area (Å²) in [4.78, 5) is 47.8. The molecule has 1 atom stereocenters. The van der Waals surface area contributed by atoms with Crippen LogP contribution in [0.1, 0.15) is 63.3 Å². The fourth-order valence-corrected chi connectivity index (χ4v) is 4.02. The number of nitrogens with one attached hydrogen (secondary N) is 1. The highest BCUT2D eigenvalue weighted by atomic mass is 32.1. The molecule has 2 aromatic rings.